The molecule has 0 aliphatic carbocycles. The third kappa shape index (κ3) is 8.36. The molecule has 0 unspecified atom stereocenters. The van der Waals surface area contributed by atoms with Crippen molar-refractivity contribution in [2.24, 2.45) is 0 Å². The molecule has 0 spiro atoms. The molecule has 0 amide bonds. The van der Waals surface area contributed by atoms with Crippen molar-refractivity contribution in [3.8, 4) is 33.8 Å². The Labute approximate surface area is 255 Å². The molecule has 0 radical (unpaired) electrons. The third-order valence-corrected chi connectivity index (χ3v) is 5.94. The Kier molecular flexibility index (Phi) is 11.2. The van der Waals surface area contributed by atoms with Crippen LogP contribution in [0.2, 0.25) is 0 Å². The van der Waals surface area contributed by atoms with Gasteiger partial charge in [0.05, 0.1) is 0 Å². The molecular weight excluding hydrogens is 679 g/mol. The molecule has 0 N–H and O–H groups in total. The molecular formula is C37H26IrN3. The molecule has 198 valence electrons. The van der Waals surface area contributed by atoms with Gasteiger partial charge < -0.3 is 15.0 Å². The first kappa shape index (κ1) is 29.2. The summed E-state index contributed by atoms with van der Waals surface area (Å²) in [5, 5.41) is 2.39. The summed E-state index contributed by atoms with van der Waals surface area (Å²) in [5.41, 5.74) is 6.06. The maximum absolute atomic E-state index is 4.45. The number of fused-ring (bicyclic) bond motifs is 1. The van der Waals surface area contributed by atoms with Gasteiger partial charge in [0.25, 0.3) is 0 Å². The molecule has 0 bridgehead atoms. The predicted octanol–water partition coefficient (Wildman–Crippen LogP) is 8.80. The van der Waals surface area contributed by atoms with E-state index in [9.17, 15) is 0 Å². The summed E-state index contributed by atoms with van der Waals surface area (Å²) in [4.78, 5) is 12.9. The van der Waals surface area contributed by atoms with Gasteiger partial charge >= 0.3 is 20.1 Å². The number of aromatic nitrogens is 3. The van der Waals surface area contributed by atoms with Crippen molar-refractivity contribution >= 4 is 10.8 Å². The van der Waals surface area contributed by atoms with E-state index < -0.39 is 0 Å². The first-order valence-corrected chi connectivity index (χ1v) is 13.0. The number of rotatable bonds is 3. The Bertz CT molecular complexity index is 1560. The third-order valence-electron chi connectivity index (χ3n) is 5.94. The minimum atomic E-state index is 0. The van der Waals surface area contributed by atoms with E-state index in [1.165, 1.54) is 10.8 Å². The van der Waals surface area contributed by atoms with E-state index in [2.05, 4.69) is 45.3 Å². The second-order valence-electron chi connectivity index (χ2n) is 8.64. The minimum absolute atomic E-state index is 0. The normalized spacial score (nSPS) is 9.76. The zero-order valence-electron chi connectivity index (χ0n) is 22.2. The van der Waals surface area contributed by atoms with E-state index in [-0.39, 0.29) is 20.1 Å². The monoisotopic (exact) mass is 705 g/mol. The first-order chi connectivity index (χ1) is 19.9. The van der Waals surface area contributed by atoms with E-state index in [1.807, 2.05) is 134 Å². The van der Waals surface area contributed by atoms with Gasteiger partial charge in [0, 0.05) is 18.6 Å². The van der Waals surface area contributed by atoms with Gasteiger partial charge in [-0.05, 0) is 46.1 Å². The minimum Gasteiger partial charge on any atom is -0.305 e. The molecule has 0 fully saturated rings. The van der Waals surface area contributed by atoms with E-state index in [1.54, 1.807) is 12.4 Å². The summed E-state index contributed by atoms with van der Waals surface area (Å²) >= 11 is 0. The first-order valence-electron chi connectivity index (χ1n) is 13.0. The van der Waals surface area contributed by atoms with Crippen LogP contribution >= 0.6 is 0 Å². The van der Waals surface area contributed by atoms with Crippen molar-refractivity contribution in [2.45, 2.75) is 0 Å². The number of pyridine rings is 3. The standard InChI is InChI=1S/C15H10N.2C11H8N.Ir/c1-2-7-13(8-3-1)15-14-9-5-4-6-12(14)10-11-16-15;2*1-2-6-10(7-3-1)11-8-4-5-9-12-11;/h1-7,9-11H;2*1-6,8-9H;/q3*-1;+3. The molecule has 4 heteroatoms. The van der Waals surface area contributed by atoms with Gasteiger partial charge in [0.2, 0.25) is 0 Å². The Hall–Kier alpha value is -4.76. The smallest absolute Gasteiger partial charge is 0.305 e. The summed E-state index contributed by atoms with van der Waals surface area (Å²) in [6.45, 7) is 0. The Balaban J connectivity index is 0.000000142. The van der Waals surface area contributed by atoms with Crippen molar-refractivity contribution < 1.29 is 20.1 Å². The van der Waals surface area contributed by atoms with Gasteiger partial charge in [-0.2, -0.15) is 0 Å². The number of nitrogens with zero attached hydrogens (tertiary/aromatic N) is 3. The van der Waals surface area contributed by atoms with Crippen molar-refractivity contribution in [3.63, 3.8) is 0 Å². The van der Waals surface area contributed by atoms with Crippen LogP contribution in [0.4, 0.5) is 0 Å². The van der Waals surface area contributed by atoms with Crippen molar-refractivity contribution in [1.82, 2.24) is 15.0 Å². The molecule has 7 aromatic rings. The van der Waals surface area contributed by atoms with Crippen LogP contribution in [0.15, 0.2) is 158 Å². The molecule has 41 heavy (non-hydrogen) atoms. The number of benzene rings is 4. The second kappa shape index (κ2) is 15.7. The summed E-state index contributed by atoms with van der Waals surface area (Å²) in [6.07, 6.45) is 5.42. The van der Waals surface area contributed by atoms with Gasteiger partial charge in [0.1, 0.15) is 0 Å². The van der Waals surface area contributed by atoms with Crippen LogP contribution in [0.3, 0.4) is 0 Å². The number of hydrogen-bond acceptors (Lipinski definition) is 3. The fourth-order valence-electron chi connectivity index (χ4n) is 4.02. The predicted molar refractivity (Wildman–Crippen MR) is 163 cm³/mol. The molecule has 0 aliphatic rings. The Morgan fingerprint density at radius 1 is 0.390 bits per heavy atom. The average Bonchev–Trinajstić information content (AvgIpc) is 3.07. The summed E-state index contributed by atoms with van der Waals surface area (Å²) in [7, 11) is 0. The maximum Gasteiger partial charge on any atom is 3.00 e. The zero-order valence-corrected chi connectivity index (χ0v) is 24.6. The molecule has 3 nitrogen and oxygen atoms in total. The number of hydrogen-bond donors (Lipinski definition) is 0. The van der Waals surface area contributed by atoms with Gasteiger partial charge in [-0.25, -0.2) is 0 Å². The van der Waals surface area contributed by atoms with Crippen LogP contribution in [0.25, 0.3) is 44.5 Å². The topological polar surface area (TPSA) is 38.7 Å². The quantitative estimate of drug-likeness (QED) is 0.173. The van der Waals surface area contributed by atoms with Gasteiger partial charge in [0.15, 0.2) is 0 Å². The fourth-order valence-corrected chi connectivity index (χ4v) is 4.02. The molecule has 3 aromatic heterocycles. The van der Waals surface area contributed by atoms with Crippen molar-refractivity contribution in [3.05, 3.63) is 176 Å². The Morgan fingerprint density at radius 3 is 1.37 bits per heavy atom. The van der Waals surface area contributed by atoms with Crippen LogP contribution in [0.5, 0.6) is 0 Å². The molecule has 3 heterocycles. The molecule has 0 atom stereocenters. The van der Waals surface area contributed by atoms with Gasteiger partial charge in [-0.1, -0.05) is 48.5 Å². The fraction of sp³-hybridized carbons (Fsp3) is 0. The summed E-state index contributed by atoms with van der Waals surface area (Å²) in [5.74, 6) is 0. The molecule has 0 saturated heterocycles. The van der Waals surface area contributed by atoms with E-state index in [0.717, 1.165) is 33.8 Å². The molecule has 7 rings (SSSR count). The SMILES string of the molecule is [Ir+3].[c-]1ccccc1-c1ccccn1.[c-]1ccccc1-c1ccccn1.[c-]1ccccc1-c1nccc2ccccc12. The van der Waals surface area contributed by atoms with Crippen LogP contribution in [0.1, 0.15) is 0 Å². The van der Waals surface area contributed by atoms with Crippen molar-refractivity contribution in [2.75, 3.05) is 0 Å². The molecule has 4 aromatic carbocycles. The van der Waals surface area contributed by atoms with Crippen LogP contribution < -0.4 is 0 Å². The van der Waals surface area contributed by atoms with Gasteiger partial charge in [-0.3, -0.25) is 0 Å². The van der Waals surface area contributed by atoms with Crippen LogP contribution in [-0.4, -0.2) is 15.0 Å². The summed E-state index contributed by atoms with van der Waals surface area (Å²) < 4.78 is 0. The van der Waals surface area contributed by atoms with E-state index >= 15 is 0 Å². The largest absolute Gasteiger partial charge is 3.00 e. The molecule has 0 saturated carbocycles. The van der Waals surface area contributed by atoms with Crippen molar-refractivity contribution in [1.29, 1.82) is 0 Å². The van der Waals surface area contributed by atoms with Crippen LogP contribution in [-0.2, 0) is 20.1 Å². The maximum atomic E-state index is 4.45. The zero-order chi connectivity index (χ0) is 27.2. The molecule has 0 aliphatic heterocycles. The second-order valence-corrected chi connectivity index (χ2v) is 8.64. The van der Waals surface area contributed by atoms with E-state index in [0.29, 0.717) is 0 Å². The van der Waals surface area contributed by atoms with Crippen LogP contribution in [0, 0.1) is 18.2 Å². The van der Waals surface area contributed by atoms with E-state index in [4.69, 9.17) is 0 Å². The average molecular weight is 705 g/mol. The Morgan fingerprint density at radius 2 is 0.878 bits per heavy atom. The summed E-state index contributed by atoms with van der Waals surface area (Å²) in [6, 6.07) is 55.1. The van der Waals surface area contributed by atoms with Gasteiger partial charge in [-0.15, -0.1) is 108 Å².